The largest absolute Gasteiger partial charge is 0.493 e. The molecule has 0 aliphatic carbocycles. The molecular weight excluding hydrogens is 578 g/mol. The molecule has 43 heavy (non-hydrogen) atoms. The van der Waals surface area contributed by atoms with Gasteiger partial charge >= 0.3 is 6.09 Å². The first-order valence-electron chi connectivity index (χ1n) is 13.8. The van der Waals surface area contributed by atoms with Crippen molar-refractivity contribution in [2.45, 2.75) is 19.9 Å². The molecule has 0 spiro atoms. The van der Waals surface area contributed by atoms with Crippen molar-refractivity contribution >= 4 is 29.2 Å². The smallest absolute Gasteiger partial charge is 0.409 e. The summed E-state index contributed by atoms with van der Waals surface area (Å²) in [6.45, 7) is 5.81. The third-order valence-electron chi connectivity index (χ3n) is 7.27. The molecule has 1 fully saturated rings. The summed E-state index contributed by atoms with van der Waals surface area (Å²) in [5.41, 5.74) is 1.03. The number of rotatable bonds is 12. The van der Waals surface area contributed by atoms with E-state index in [-0.39, 0.29) is 12.5 Å². The zero-order valence-electron chi connectivity index (χ0n) is 26.1. The van der Waals surface area contributed by atoms with E-state index in [0.717, 1.165) is 0 Å². The van der Waals surface area contributed by atoms with Crippen LogP contribution < -0.4 is 28.4 Å². The van der Waals surface area contributed by atoms with E-state index in [1.807, 2.05) is 18.7 Å². The van der Waals surface area contributed by atoms with Crippen LogP contribution in [0.3, 0.4) is 0 Å². The number of piperazine rings is 1. The second-order valence-electron chi connectivity index (χ2n) is 9.48. The van der Waals surface area contributed by atoms with E-state index in [0.29, 0.717) is 83.3 Å². The van der Waals surface area contributed by atoms with Gasteiger partial charge in [-0.15, -0.1) is 0 Å². The number of amides is 2. The van der Waals surface area contributed by atoms with Gasteiger partial charge in [-0.05, 0) is 38.1 Å². The van der Waals surface area contributed by atoms with Crippen molar-refractivity contribution in [1.29, 1.82) is 0 Å². The lowest BCUT2D eigenvalue weighted by molar-refractivity contribution is 0.0309. The van der Waals surface area contributed by atoms with Gasteiger partial charge in [0.25, 0.3) is 5.91 Å². The molecule has 0 N–H and O–H groups in total. The maximum absolute atomic E-state index is 13.9. The summed E-state index contributed by atoms with van der Waals surface area (Å²) in [5, 5.41) is 0. The Morgan fingerprint density at radius 1 is 0.767 bits per heavy atom. The molecule has 0 bridgehead atoms. The summed E-state index contributed by atoms with van der Waals surface area (Å²) in [7, 11) is 9.09. The van der Waals surface area contributed by atoms with E-state index in [4.69, 9.17) is 45.4 Å². The molecule has 12 nitrogen and oxygen atoms in total. The Hall–Kier alpha value is -4.13. The molecule has 2 aromatic carbocycles. The fourth-order valence-corrected chi connectivity index (χ4v) is 5.23. The molecule has 0 aromatic heterocycles. The van der Waals surface area contributed by atoms with Crippen molar-refractivity contribution in [2.24, 2.45) is 0 Å². The number of thiocarbonyl (C=S) groups is 1. The van der Waals surface area contributed by atoms with E-state index in [2.05, 4.69) is 0 Å². The van der Waals surface area contributed by atoms with Crippen molar-refractivity contribution in [3.8, 4) is 34.5 Å². The van der Waals surface area contributed by atoms with Crippen LogP contribution >= 0.6 is 12.2 Å². The van der Waals surface area contributed by atoms with Crippen molar-refractivity contribution < 1.29 is 42.7 Å². The SMILES string of the molecule is CCN(CC)C(=O)OCC1CN(C(=S)c2cc(OC)c(OC)c(OC)c2)CCN1C(=O)c1cc(OC)c(OC)c(OC)c1. The molecule has 1 unspecified atom stereocenters. The number of hydrogen-bond acceptors (Lipinski definition) is 10. The topological polar surface area (TPSA) is 108 Å². The summed E-state index contributed by atoms with van der Waals surface area (Å²) >= 11 is 5.90. The predicted molar refractivity (Wildman–Crippen MR) is 165 cm³/mol. The Bertz CT molecular complexity index is 1250. The summed E-state index contributed by atoms with van der Waals surface area (Å²) in [5.74, 6) is 2.22. The molecule has 0 radical (unpaired) electrons. The lowest BCUT2D eigenvalue weighted by Crippen LogP contribution is -2.58. The molecular formula is C30H41N3O9S. The highest BCUT2D eigenvalue weighted by Crippen LogP contribution is 2.40. The van der Waals surface area contributed by atoms with Crippen LogP contribution in [0.5, 0.6) is 34.5 Å². The van der Waals surface area contributed by atoms with Crippen molar-refractivity contribution in [3.63, 3.8) is 0 Å². The normalized spacial score (nSPS) is 14.5. The maximum atomic E-state index is 13.9. The number of benzene rings is 2. The molecule has 1 heterocycles. The molecule has 1 aliphatic heterocycles. The van der Waals surface area contributed by atoms with Gasteiger partial charge in [-0.2, -0.15) is 0 Å². The van der Waals surface area contributed by atoms with Gasteiger partial charge in [0.15, 0.2) is 23.0 Å². The highest BCUT2D eigenvalue weighted by atomic mass is 32.1. The van der Waals surface area contributed by atoms with E-state index in [1.165, 1.54) is 42.7 Å². The summed E-state index contributed by atoms with van der Waals surface area (Å²) in [6.07, 6.45) is -0.450. The maximum Gasteiger partial charge on any atom is 0.409 e. The monoisotopic (exact) mass is 619 g/mol. The fourth-order valence-electron chi connectivity index (χ4n) is 4.95. The van der Waals surface area contributed by atoms with E-state index < -0.39 is 12.1 Å². The fraction of sp³-hybridized carbons (Fsp3) is 0.500. The Balaban J connectivity index is 1.95. The third kappa shape index (κ3) is 7.27. The molecule has 1 atom stereocenters. The van der Waals surface area contributed by atoms with Crippen LogP contribution in [0.2, 0.25) is 0 Å². The number of nitrogens with zero attached hydrogens (tertiary/aromatic N) is 3. The van der Waals surface area contributed by atoms with Crippen LogP contribution in [0.1, 0.15) is 29.8 Å². The van der Waals surface area contributed by atoms with E-state index >= 15 is 0 Å². The summed E-state index contributed by atoms with van der Waals surface area (Å²) in [4.78, 5) is 32.5. The van der Waals surface area contributed by atoms with Gasteiger partial charge in [-0.25, -0.2) is 4.79 Å². The Kier molecular flexibility index (Phi) is 11.9. The van der Waals surface area contributed by atoms with Gasteiger partial charge in [0.2, 0.25) is 11.5 Å². The van der Waals surface area contributed by atoms with E-state index in [9.17, 15) is 9.59 Å². The molecule has 2 amide bonds. The zero-order valence-corrected chi connectivity index (χ0v) is 26.9. The lowest BCUT2D eigenvalue weighted by Gasteiger charge is -2.42. The molecule has 13 heteroatoms. The molecule has 2 aromatic rings. The molecule has 3 rings (SSSR count). The molecule has 1 saturated heterocycles. The summed E-state index contributed by atoms with van der Waals surface area (Å²) < 4.78 is 38.5. The first-order chi connectivity index (χ1) is 20.7. The number of carbonyl (C=O) groups excluding carboxylic acids is 2. The minimum Gasteiger partial charge on any atom is -0.493 e. The van der Waals surface area contributed by atoms with E-state index in [1.54, 1.807) is 34.1 Å². The third-order valence-corrected chi connectivity index (χ3v) is 7.77. The highest BCUT2D eigenvalue weighted by Gasteiger charge is 2.35. The standard InChI is InChI=1S/C30H41N3O9S/c1-9-31(10-2)30(35)42-18-21-17-32(29(43)20-15-24(38-5)27(41-8)25(16-20)39-6)11-12-33(21)28(34)19-13-22(36-3)26(40-7)23(14-19)37-4/h13-16,21H,9-12,17-18H2,1-8H3. The average Bonchev–Trinajstić information content (AvgIpc) is 3.05. The Morgan fingerprint density at radius 2 is 1.23 bits per heavy atom. The first-order valence-corrected chi connectivity index (χ1v) is 14.2. The van der Waals surface area contributed by atoms with Gasteiger partial charge in [0.05, 0.1) is 48.7 Å². The number of ether oxygens (including phenoxy) is 7. The second-order valence-corrected chi connectivity index (χ2v) is 9.87. The minimum atomic E-state index is -0.514. The van der Waals surface area contributed by atoms with Crippen LogP contribution in [-0.4, -0.2) is 120 Å². The predicted octanol–water partition coefficient (Wildman–Crippen LogP) is 3.72. The lowest BCUT2D eigenvalue weighted by atomic mass is 10.1. The number of methoxy groups -OCH3 is 6. The minimum absolute atomic E-state index is 0.0279. The van der Waals surface area contributed by atoms with Gasteiger partial charge in [-0.3, -0.25) is 4.79 Å². The average molecular weight is 620 g/mol. The van der Waals surface area contributed by atoms with Crippen molar-refractivity contribution in [1.82, 2.24) is 14.7 Å². The van der Waals surface area contributed by atoms with Crippen LogP contribution in [0.4, 0.5) is 4.79 Å². The Morgan fingerprint density at radius 3 is 1.65 bits per heavy atom. The summed E-state index contributed by atoms with van der Waals surface area (Å²) in [6, 6.07) is 6.27. The van der Waals surface area contributed by atoms with Crippen molar-refractivity contribution in [2.75, 3.05) is 82.0 Å². The number of hydrogen-bond donors (Lipinski definition) is 0. The molecule has 236 valence electrons. The molecule has 0 saturated carbocycles. The van der Waals surface area contributed by atoms with Crippen LogP contribution in [0.15, 0.2) is 24.3 Å². The first kappa shape index (κ1) is 33.4. The second kappa shape index (κ2) is 15.4. The van der Waals surface area contributed by atoms with Gasteiger partial charge in [0.1, 0.15) is 11.6 Å². The molecule has 1 aliphatic rings. The van der Waals surface area contributed by atoms with Crippen molar-refractivity contribution in [3.05, 3.63) is 35.4 Å². The van der Waals surface area contributed by atoms with Crippen LogP contribution in [0.25, 0.3) is 0 Å². The number of carbonyl (C=O) groups is 2. The van der Waals surface area contributed by atoms with Crippen LogP contribution in [0, 0.1) is 0 Å². The van der Waals surface area contributed by atoms with Crippen LogP contribution in [-0.2, 0) is 4.74 Å². The van der Waals surface area contributed by atoms with Gasteiger partial charge in [-0.1, -0.05) is 12.2 Å². The Labute approximate surface area is 258 Å². The zero-order chi connectivity index (χ0) is 31.7. The van der Waals surface area contributed by atoms with Gasteiger partial charge < -0.3 is 47.9 Å². The van der Waals surface area contributed by atoms with Gasteiger partial charge in [0, 0.05) is 43.9 Å². The highest BCUT2D eigenvalue weighted by molar-refractivity contribution is 7.80. The quantitative estimate of drug-likeness (QED) is 0.325.